The first-order valence-electron chi connectivity index (χ1n) is 6.67. The van der Waals surface area contributed by atoms with E-state index < -0.39 is 0 Å². The van der Waals surface area contributed by atoms with Gasteiger partial charge in [0.1, 0.15) is 0 Å². The normalized spacial score (nSPS) is 21.4. The lowest BCUT2D eigenvalue weighted by Crippen LogP contribution is -2.36. The number of hydrogen-bond acceptors (Lipinski definition) is 2. The lowest BCUT2D eigenvalue weighted by Gasteiger charge is -2.30. The second-order valence-electron chi connectivity index (χ2n) is 5.21. The highest BCUT2D eigenvalue weighted by atomic mass is 79.9. The lowest BCUT2D eigenvalue weighted by atomic mass is 9.84. The molecule has 3 heteroatoms. The van der Waals surface area contributed by atoms with Crippen LogP contribution in [0.15, 0.2) is 15.9 Å². The van der Waals surface area contributed by atoms with E-state index in [2.05, 4.69) is 46.5 Å². The summed E-state index contributed by atoms with van der Waals surface area (Å²) in [4.78, 5) is 1.42. The highest BCUT2D eigenvalue weighted by molar-refractivity contribution is 9.10. The number of hydrogen-bond donors (Lipinski definition) is 1. The second kappa shape index (κ2) is 6.35. The molecular weight excluding hydrogens is 294 g/mol. The van der Waals surface area contributed by atoms with Crippen LogP contribution in [0.3, 0.4) is 0 Å². The van der Waals surface area contributed by atoms with Crippen LogP contribution < -0.4 is 5.32 Å². The first-order chi connectivity index (χ1) is 8.18. The van der Waals surface area contributed by atoms with E-state index in [9.17, 15) is 0 Å². The van der Waals surface area contributed by atoms with Crippen LogP contribution in [0.2, 0.25) is 0 Å². The average molecular weight is 316 g/mol. The molecule has 0 aliphatic heterocycles. The first kappa shape index (κ1) is 13.6. The zero-order valence-electron chi connectivity index (χ0n) is 10.7. The van der Waals surface area contributed by atoms with Gasteiger partial charge in [0.05, 0.1) is 0 Å². The van der Waals surface area contributed by atoms with Gasteiger partial charge in [0, 0.05) is 21.4 Å². The fraction of sp³-hybridized carbons (Fsp3) is 0.714. The standard InChI is InChI=1S/C14H22BrNS/c1-10(12-6-4-3-5-7-12)16-11(2)14-13(15)8-9-17-14/h8-12,16H,3-7H2,1-2H3. The number of nitrogens with one attached hydrogen (secondary N) is 1. The third-order valence-electron chi connectivity index (χ3n) is 3.91. The van der Waals surface area contributed by atoms with Gasteiger partial charge in [0.15, 0.2) is 0 Å². The van der Waals surface area contributed by atoms with Gasteiger partial charge in [-0.3, -0.25) is 0 Å². The van der Waals surface area contributed by atoms with Gasteiger partial charge in [0.2, 0.25) is 0 Å². The van der Waals surface area contributed by atoms with Gasteiger partial charge in [0.25, 0.3) is 0 Å². The summed E-state index contributed by atoms with van der Waals surface area (Å²) in [6, 6.07) is 3.24. The zero-order valence-corrected chi connectivity index (χ0v) is 13.1. The molecule has 2 rings (SSSR count). The smallest absolute Gasteiger partial charge is 0.0399 e. The molecule has 0 spiro atoms. The summed E-state index contributed by atoms with van der Waals surface area (Å²) in [5.41, 5.74) is 0. The van der Waals surface area contributed by atoms with Crippen molar-refractivity contribution in [3.8, 4) is 0 Å². The topological polar surface area (TPSA) is 12.0 Å². The summed E-state index contributed by atoms with van der Waals surface area (Å²) in [5, 5.41) is 5.93. The molecule has 1 heterocycles. The summed E-state index contributed by atoms with van der Waals surface area (Å²) >= 11 is 5.46. The van der Waals surface area contributed by atoms with Gasteiger partial charge in [-0.05, 0) is 60.0 Å². The largest absolute Gasteiger partial charge is 0.307 e. The Morgan fingerprint density at radius 3 is 2.59 bits per heavy atom. The van der Waals surface area contributed by atoms with E-state index in [1.165, 1.54) is 41.5 Å². The molecule has 1 aromatic rings. The molecule has 2 unspecified atom stereocenters. The van der Waals surface area contributed by atoms with Crippen molar-refractivity contribution in [3.05, 3.63) is 20.8 Å². The van der Waals surface area contributed by atoms with Crippen molar-refractivity contribution in [1.29, 1.82) is 0 Å². The predicted molar refractivity (Wildman–Crippen MR) is 79.6 cm³/mol. The highest BCUT2D eigenvalue weighted by Crippen LogP contribution is 2.31. The molecule has 2 atom stereocenters. The zero-order chi connectivity index (χ0) is 12.3. The van der Waals surface area contributed by atoms with Crippen LogP contribution in [0.4, 0.5) is 0 Å². The van der Waals surface area contributed by atoms with E-state index >= 15 is 0 Å². The molecule has 1 nitrogen and oxygen atoms in total. The summed E-state index contributed by atoms with van der Waals surface area (Å²) in [5.74, 6) is 0.880. The van der Waals surface area contributed by atoms with E-state index in [0.29, 0.717) is 12.1 Å². The predicted octanol–water partition coefficient (Wildman–Crippen LogP) is 5.13. The summed E-state index contributed by atoms with van der Waals surface area (Å²) in [6.07, 6.45) is 7.11. The molecule has 1 fully saturated rings. The van der Waals surface area contributed by atoms with Gasteiger partial charge >= 0.3 is 0 Å². The van der Waals surface area contributed by atoms with Crippen molar-refractivity contribution >= 4 is 27.3 Å². The van der Waals surface area contributed by atoms with E-state index in [1.807, 2.05) is 11.3 Å². The fourth-order valence-electron chi connectivity index (χ4n) is 2.85. The molecule has 0 radical (unpaired) electrons. The van der Waals surface area contributed by atoms with Crippen molar-refractivity contribution in [2.45, 2.75) is 58.0 Å². The summed E-state index contributed by atoms with van der Waals surface area (Å²) < 4.78 is 1.25. The lowest BCUT2D eigenvalue weighted by molar-refractivity contribution is 0.269. The molecule has 0 bridgehead atoms. The third kappa shape index (κ3) is 3.55. The summed E-state index contributed by atoms with van der Waals surface area (Å²) in [7, 11) is 0. The quantitative estimate of drug-likeness (QED) is 0.812. The molecule has 1 aliphatic carbocycles. The van der Waals surface area contributed by atoms with Crippen molar-refractivity contribution < 1.29 is 0 Å². The van der Waals surface area contributed by atoms with Crippen molar-refractivity contribution in [1.82, 2.24) is 5.32 Å². The first-order valence-corrected chi connectivity index (χ1v) is 8.34. The Balaban J connectivity index is 1.89. The van der Waals surface area contributed by atoms with Gasteiger partial charge in [-0.1, -0.05) is 19.3 Å². The van der Waals surface area contributed by atoms with Crippen molar-refractivity contribution in [2.24, 2.45) is 5.92 Å². The molecule has 0 amide bonds. The van der Waals surface area contributed by atoms with Gasteiger partial charge < -0.3 is 5.32 Å². The molecule has 96 valence electrons. The van der Waals surface area contributed by atoms with Crippen LogP contribution in [0, 0.1) is 5.92 Å². The minimum absolute atomic E-state index is 0.460. The molecule has 1 N–H and O–H groups in total. The molecule has 1 aliphatic rings. The summed E-state index contributed by atoms with van der Waals surface area (Å²) in [6.45, 7) is 4.63. The minimum atomic E-state index is 0.460. The maximum Gasteiger partial charge on any atom is 0.0399 e. The third-order valence-corrected chi connectivity index (χ3v) is 5.96. The average Bonchev–Trinajstić information content (AvgIpc) is 2.76. The Bertz CT molecular complexity index is 344. The van der Waals surface area contributed by atoms with E-state index in [4.69, 9.17) is 0 Å². The highest BCUT2D eigenvalue weighted by Gasteiger charge is 2.22. The van der Waals surface area contributed by atoms with Crippen LogP contribution in [0.5, 0.6) is 0 Å². The molecule has 0 aromatic carbocycles. The maximum atomic E-state index is 3.77. The molecule has 1 saturated carbocycles. The maximum absolute atomic E-state index is 3.77. The number of thiophene rings is 1. The SMILES string of the molecule is CC(NC(C)C1CCCCC1)c1sccc1Br. The van der Waals surface area contributed by atoms with Gasteiger partial charge in [-0.25, -0.2) is 0 Å². The Kier molecular flexibility index (Phi) is 5.07. The van der Waals surface area contributed by atoms with Crippen LogP contribution in [0.1, 0.15) is 56.9 Å². The Labute approximate surface area is 117 Å². The van der Waals surface area contributed by atoms with Crippen LogP contribution in [-0.2, 0) is 0 Å². The molecule has 1 aromatic heterocycles. The monoisotopic (exact) mass is 315 g/mol. The fourth-order valence-corrected chi connectivity index (χ4v) is 4.59. The van der Waals surface area contributed by atoms with Crippen LogP contribution in [-0.4, -0.2) is 6.04 Å². The Morgan fingerprint density at radius 1 is 1.29 bits per heavy atom. The van der Waals surface area contributed by atoms with E-state index in [-0.39, 0.29) is 0 Å². The second-order valence-corrected chi connectivity index (χ2v) is 7.01. The minimum Gasteiger partial charge on any atom is -0.307 e. The molecular formula is C14H22BrNS. The Morgan fingerprint density at radius 2 is 2.00 bits per heavy atom. The number of halogens is 1. The van der Waals surface area contributed by atoms with E-state index in [0.717, 1.165) is 5.92 Å². The van der Waals surface area contributed by atoms with Gasteiger partial charge in [-0.15, -0.1) is 11.3 Å². The van der Waals surface area contributed by atoms with Crippen LogP contribution in [0.25, 0.3) is 0 Å². The molecule has 17 heavy (non-hydrogen) atoms. The Hall–Kier alpha value is 0.140. The molecule has 0 saturated heterocycles. The number of rotatable bonds is 4. The van der Waals surface area contributed by atoms with E-state index in [1.54, 1.807) is 0 Å². The van der Waals surface area contributed by atoms with Crippen molar-refractivity contribution in [3.63, 3.8) is 0 Å². The van der Waals surface area contributed by atoms with Gasteiger partial charge in [-0.2, -0.15) is 0 Å². The van der Waals surface area contributed by atoms with Crippen molar-refractivity contribution in [2.75, 3.05) is 0 Å². The van der Waals surface area contributed by atoms with Crippen LogP contribution >= 0.6 is 27.3 Å².